The van der Waals surface area contributed by atoms with Gasteiger partial charge in [-0.25, -0.2) is 13.2 Å². The van der Waals surface area contributed by atoms with Crippen molar-refractivity contribution in [3.63, 3.8) is 0 Å². The first-order valence-corrected chi connectivity index (χ1v) is 5.22. The van der Waals surface area contributed by atoms with Crippen molar-refractivity contribution in [2.24, 2.45) is 0 Å². The minimum absolute atomic E-state index is 0.128. The van der Waals surface area contributed by atoms with Gasteiger partial charge in [0, 0.05) is 19.0 Å². The van der Waals surface area contributed by atoms with Crippen molar-refractivity contribution in [1.82, 2.24) is 4.98 Å². The molecule has 3 rings (SSSR count). The molecular weight excluding hydrogens is 233 g/mol. The monoisotopic (exact) mass is 242 g/mol. The van der Waals surface area contributed by atoms with Crippen LogP contribution in [0, 0.1) is 5.82 Å². The van der Waals surface area contributed by atoms with Crippen LogP contribution >= 0.6 is 0 Å². The normalized spacial score (nSPS) is 19.1. The van der Waals surface area contributed by atoms with Gasteiger partial charge >= 0.3 is 0 Å². The number of hydrogen-bond acceptors (Lipinski definition) is 3. The van der Waals surface area contributed by atoms with Crippen LogP contribution in [0.25, 0.3) is 11.1 Å². The molecule has 0 bridgehead atoms. The van der Waals surface area contributed by atoms with E-state index in [0.717, 1.165) is 0 Å². The molecule has 17 heavy (non-hydrogen) atoms. The second-order valence-corrected chi connectivity index (χ2v) is 4.14. The van der Waals surface area contributed by atoms with Crippen LogP contribution in [-0.2, 0) is 0 Å². The van der Waals surface area contributed by atoms with Crippen LogP contribution in [0.2, 0.25) is 0 Å². The molecule has 0 unspecified atom stereocenters. The number of aromatic nitrogens is 1. The van der Waals surface area contributed by atoms with Gasteiger partial charge in [-0.3, -0.25) is 0 Å². The zero-order chi connectivity index (χ0) is 12.0. The first kappa shape index (κ1) is 10.4. The molecular formula is C11H9F3N2O. The summed E-state index contributed by atoms with van der Waals surface area (Å²) < 4.78 is 44.2. The van der Waals surface area contributed by atoms with Gasteiger partial charge in [-0.2, -0.15) is 4.98 Å². The molecule has 0 amide bonds. The summed E-state index contributed by atoms with van der Waals surface area (Å²) in [6, 6.07) is 4.04. The van der Waals surface area contributed by atoms with E-state index in [1.165, 1.54) is 23.1 Å². The van der Waals surface area contributed by atoms with Gasteiger partial charge in [0.05, 0.1) is 6.54 Å². The van der Waals surface area contributed by atoms with Crippen LogP contribution in [0.4, 0.5) is 19.2 Å². The molecule has 0 saturated carbocycles. The van der Waals surface area contributed by atoms with Gasteiger partial charge < -0.3 is 9.32 Å². The summed E-state index contributed by atoms with van der Waals surface area (Å²) >= 11 is 0. The minimum Gasteiger partial charge on any atom is -0.423 e. The third kappa shape index (κ3) is 1.83. The van der Waals surface area contributed by atoms with Crippen molar-refractivity contribution in [3.8, 4) is 0 Å². The van der Waals surface area contributed by atoms with Crippen LogP contribution in [-0.4, -0.2) is 24.0 Å². The first-order valence-electron chi connectivity index (χ1n) is 5.22. The number of nitrogens with zero attached hydrogens (tertiary/aromatic N) is 2. The van der Waals surface area contributed by atoms with Crippen molar-refractivity contribution in [1.29, 1.82) is 0 Å². The van der Waals surface area contributed by atoms with Gasteiger partial charge in [-0.1, -0.05) is 0 Å². The lowest BCUT2D eigenvalue weighted by Crippen LogP contribution is -2.24. The van der Waals surface area contributed by atoms with Crippen LogP contribution in [0.5, 0.6) is 0 Å². The number of oxazole rings is 1. The van der Waals surface area contributed by atoms with E-state index >= 15 is 0 Å². The number of anilines is 1. The standard InChI is InChI=1S/C11H9F3N2O/c12-7-1-2-8-9(5-7)17-10(15-8)16-4-3-11(13,14)6-16/h1-2,5H,3-4,6H2. The van der Waals surface area contributed by atoms with Gasteiger partial charge in [-0.05, 0) is 12.1 Å². The second kappa shape index (κ2) is 3.38. The number of hydrogen-bond donors (Lipinski definition) is 0. The summed E-state index contributed by atoms with van der Waals surface area (Å²) in [7, 11) is 0. The van der Waals surface area contributed by atoms with E-state index in [1.807, 2.05) is 0 Å². The van der Waals surface area contributed by atoms with Crippen molar-refractivity contribution < 1.29 is 17.6 Å². The Balaban J connectivity index is 1.96. The van der Waals surface area contributed by atoms with E-state index in [1.54, 1.807) is 0 Å². The third-order valence-corrected chi connectivity index (χ3v) is 2.78. The van der Waals surface area contributed by atoms with E-state index in [-0.39, 0.29) is 24.6 Å². The predicted molar refractivity (Wildman–Crippen MR) is 55.7 cm³/mol. The molecule has 1 aliphatic rings. The molecule has 90 valence electrons. The average Bonchev–Trinajstić information content (AvgIpc) is 2.80. The van der Waals surface area contributed by atoms with E-state index in [9.17, 15) is 13.2 Å². The molecule has 2 heterocycles. The predicted octanol–water partition coefficient (Wildman–Crippen LogP) is 2.81. The Morgan fingerprint density at radius 1 is 1.35 bits per heavy atom. The van der Waals surface area contributed by atoms with Gasteiger partial charge in [-0.15, -0.1) is 0 Å². The van der Waals surface area contributed by atoms with Crippen LogP contribution in [0.3, 0.4) is 0 Å². The summed E-state index contributed by atoms with van der Waals surface area (Å²) in [4.78, 5) is 5.43. The molecule has 0 spiro atoms. The first-order chi connectivity index (χ1) is 8.03. The number of fused-ring (bicyclic) bond motifs is 1. The molecule has 1 aliphatic heterocycles. The molecule has 2 aromatic rings. The topological polar surface area (TPSA) is 29.3 Å². The molecule has 0 atom stereocenters. The summed E-state index contributed by atoms with van der Waals surface area (Å²) in [5.41, 5.74) is 0.742. The molecule has 1 aromatic carbocycles. The summed E-state index contributed by atoms with van der Waals surface area (Å²) in [6.07, 6.45) is -0.208. The maximum absolute atomic E-state index is 13.0. The summed E-state index contributed by atoms with van der Waals surface area (Å²) in [5, 5.41) is 0. The third-order valence-electron chi connectivity index (χ3n) is 2.78. The number of alkyl halides is 2. The van der Waals surface area contributed by atoms with Crippen molar-refractivity contribution >= 4 is 17.1 Å². The Morgan fingerprint density at radius 3 is 2.88 bits per heavy atom. The van der Waals surface area contributed by atoms with Gasteiger partial charge in [0.25, 0.3) is 11.9 Å². The van der Waals surface area contributed by atoms with Gasteiger partial charge in [0.15, 0.2) is 5.58 Å². The molecule has 0 aliphatic carbocycles. The smallest absolute Gasteiger partial charge is 0.298 e. The Bertz CT molecular complexity index is 567. The molecule has 0 N–H and O–H groups in total. The average molecular weight is 242 g/mol. The van der Waals surface area contributed by atoms with E-state index in [2.05, 4.69) is 4.98 Å². The lowest BCUT2D eigenvalue weighted by Gasteiger charge is -2.12. The quantitative estimate of drug-likeness (QED) is 0.770. The largest absolute Gasteiger partial charge is 0.423 e. The summed E-state index contributed by atoms with van der Waals surface area (Å²) in [5.74, 6) is -3.14. The molecule has 1 fully saturated rings. The second-order valence-electron chi connectivity index (χ2n) is 4.14. The molecule has 3 nitrogen and oxygen atoms in total. The number of rotatable bonds is 1. The van der Waals surface area contributed by atoms with Crippen LogP contribution < -0.4 is 4.90 Å². The van der Waals surface area contributed by atoms with Crippen molar-refractivity contribution in [2.45, 2.75) is 12.3 Å². The summed E-state index contributed by atoms with van der Waals surface area (Å²) in [6.45, 7) is -0.204. The zero-order valence-electron chi connectivity index (χ0n) is 8.79. The highest BCUT2D eigenvalue weighted by Crippen LogP contribution is 2.32. The van der Waals surface area contributed by atoms with Crippen LogP contribution in [0.1, 0.15) is 6.42 Å². The Morgan fingerprint density at radius 2 is 2.18 bits per heavy atom. The fraction of sp³-hybridized carbons (Fsp3) is 0.364. The maximum atomic E-state index is 13.0. The van der Waals surface area contributed by atoms with Crippen molar-refractivity contribution in [2.75, 3.05) is 18.0 Å². The maximum Gasteiger partial charge on any atom is 0.298 e. The fourth-order valence-corrected chi connectivity index (χ4v) is 1.92. The molecule has 1 saturated heterocycles. The van der Waals surface area contributed by atoms with E-state index in [0.29, 0.717) is 5.52 Å². The Labute approximate surface area is 94.8 Å². The Kier molecular flexibility index (Phi) is 2.08. The minimum atomic E-state index is -2.70. The highest BCUT2D eigenvalue weighted by atomic mass is 19.3. The number of benzene rings is 1. The molecule has 0 radical (unpaired) electrons. The van der Waals surface area contributed by atoms with E-state index in [4.69, 9.17) is 4.42 Å². The zero-order valence-corrected chi connectivity index (χ0v) is 8.79. The molecule has 6 heteroatoms. The van der Waals surface area contributed by atoms with Gasteiger partial charge in [0.1, 0.15) is 11.3 Å². The molecule has 1 aromatic heterocycles. The highest BCUT2D eigenvalue weighted by molar-refractivity contribution is 5.74. The SMILES string of the molecule is Fc1ccc2nc(N3CCC(F)(F)C3)oc2c1. The highest BCUT2D eigenvalue weighted by Gasteiger charge is 2.40. The Hall–Kier alpha value is -1.72. The lowest BCUT2D eigenvalue weighted by atomic mass is 10.3. The van der Waals surface area contributed by atoms with E-state index < -0.39 is 18.3 Å². The van der Waals surface area contributed by atoms with Crippen molar-refractivity contribution in [3.05, 3.63) is 24.0 Å². The van der Waals surface area contributed by atoms with Crippen LogP contribution in [0.15, 0.2) is 22.6 Å². The fourth-order valence-electron chi connectivity index (χ4n) is 1.92. The lowest BCUT2D eigenvalue weighted by molar-refractivity contribution is 0.0254. The van der Waals surface area contributed by atoms with Gasteiger partial charge in [0.2, 0.25) is 0 Å². The number of halogens is 3.